The van der Waals surface area contributed by atoms with Gasteiger partial charge in [-0.2, -0.15) is 0 Å². The van der Waals surface area contributed by atoms with Crippen LogP contribution >= 0.6 is 0 Å². The van der Waals surface area contributed by atoms with E-state index in [1.807, 2.05) is 24.5 Å². The summed E-state index contributed by atoms with van der Waals surface area (Å²) in [7, 11) is 0. The van der Waals surface area contributed by atoms with Crippen molar-refractivity contribution in [3.63, 3.8) is 0 Å². The Bertz CT molecular complexity index is 512. The average molecular weight is 230 g/mol. The van der Waals surface area contributed by atoms with Gasteiger partial charge in [-0.3, -0.25) is 4.90 Å². The van der Waals surface area contributed by atoms with Gasteiger partial charge >= 0.3 is 0 Å². The first-order valence-corrected chi connectivity index (χ1v) is 6.31. The molecule has 1 aliphatic heterocycles. The van der Waals surface area contributed by atoms with E-state index in [0.717, 1.165) is 23.2 Å². The Hall–Kier alpha value is -1.48. The van der Waals surface area contributed by atoms with Crippen LogP contribution in [0.25, 0.3) is 11.0 Å². The molecule has 1 fully saturated rings. The van der Waals surface area contributed by atoms with E-state index in [1.54, 1.807) is 0 Å². The lowest BCUT2D eigenvalue weighted by Crippen LogP contribution is -2.28. The number of likely N-dealkylation sites (tertiary alicyclic amines) is 1. The highest BCUT2D eigenvalue weighted by Crippen LogP contribution is 2.28. The van der Waals surface area contributed by atoms with Crippen LogP contribution in [0.4, 0.5) is 5.69 Å². The maximum atomic E-state index is 6.03. The fraction of sp³-hybridized carbons (Fsp3) is 0.429. The molecule has 0 radical (unpaired) electrons. The van der Waals surface area contributed by atoms with E-state index in [0.29, 0.717) is 0 Å². The number of piperidine rings is 1. The Morgan fingerprint density at radius 2 is 2.00 bits per heavy atom. The number of nitrogens with zero attached hydrogens (tertiary/aromatic N) is 1. The molecule has 17 heavy (non-hydrogen) atoms. The Morgan fingerprint density at radius 1 is 1.18 bits per heavy atom. The highest BCUT2D eigenvalue weighted by Gasteiger charge is 2.14. The van der Waals surface area contributed by atoms with Gasteiger partial charge in [0.05, 0.1) is 6.26 Å². The lowest BCUT2D eigenvalue weighted by Gasteiger charge is -2.25. The minimum Gasteiger partial charge on any atom is -0.464 e. The van der Waals surface area contributed by atoms with Gasteiger partial charge in [0.25, 0.3) is 0 Å². The summed E-state index contributed by atoms with van der Waals surface area (Å²) >= 11 is 0. The van der Waals surface area contributed by atoms with Crippen molar-refractivity contribution in [2.75, 3.05) is 18.8 Å². The normalized spacial score (nSPS) is 17.6. The highest BCUT2D eigenvalue weighted by molar-refractivity contribution is 5.92. The molecule has 3 rings (SSSR count). The van der Waals surface area contributed by atoms with Crippen molar-refractivity contribution in [1.82, 2.24) is 4.90 Å². The second-order valence-electron chi connectivity index (χ2n) is 4.82. The van der Waals surface area contributed by atoms with Crippen LogP contribution in [0.15, 0.2) is 28.9 Å². The van der Waals surface area contributed by atoms with E-state index in [9.17, 15) is 0 Å². The van der Waals surface area contributed by atoms with E-state index in [2.05, 4.69) is 4.90 Å². The van der Waals surface area contributed by atoms with Crippen LogP contribution in [0.3, 0.4) is 0 Å². The predicted molar refractivity (Wildman–Crippen MR) is 69.8 cm³/mol. The first-order chi connectivity index (χ1) is 8.34. The summed E-state index contributed by atoms with van der Waals surface area (Å²) in [5.74, 6) is 0. The van der Waals surface area contributed by atoms with Gasteiger partial charge in [-0.25, -0.2) is 0 Å². The standard InChI is InChI=1S/C14H18N2O/c15-12-5-4-6-13-14(12)11(10-17-13)9-16-7-2-1-3-8-16/h4-6,10H,1-3,7-9,15H2. The number of furan rings is 1. The van der Waals surface area contributed by atoms with Crippen molar-refractivity contribution >= 4 is 16.7 Å². The van der Waals surface area contributed by atoms with Crippen molar-refractivity contribution in [1.29, 1.82) is 0 Å². The quantitative estimate of drug-likeness (QED) is 0.806. The third-order valence-corrected chi connectivity index (χ3v) is 3.55. The monoisotopic (exact) mass is 230 g/mol. The number of hydrogen-bond donors (Lipinski definition) is 1. The second kappa shape index (κ2) is 4.41. The smallest absolute Gasteiger partial charge is 0.136 e. The largest absolute Gasteiger partial charge is 0.464 e. The summed E-state index contributed by atoms with van der Waals surface area (Å²) < 4.78 is 5.56. The van der Waals surface area contributed by atoms with E-state index in [1.165, 1.54) is 37.9 Å². The van der Waals surface area contributed by atoms with Gasteiger partial charge in [-0.15, -0.1) is 0 Å². The van der Waals surface area contributed by atoms with E-state index < -0.39 is 0 Å². The number of rotatable bonds is 2. The van der Waals surface area contributed by atoms with Crippen LogP contribution in [-0.2, 0) is 6.54 Å². The molecule has 2 aromatic rings. The van der Waals surface area contributed by atoms with Gasteiger partial charge in [-0.05, 0) is 38.1 Å². The van der Waals surface area contributed by atoms with Gasteiger partial charge in [0.2, 0.25) is 0 Å². The topological polar surface area (TPSA) is 42.4 Å². The van der Waals surface area contributed by atoms with Gasteiger partial charge < -0.3 is 10.2 Å². The number of fused-ring (bicyclic) bond motifs is 1. The molecule has 1 aliphatic rings. The van der Waals surface area contributed by atoms with E-state index in [-0.39, 0.29) is 0 Å². The molecule has 3 heteroatoms. The SMILES string of the molecule is Nc1cccc2occ(CN3CCCCC3)c12. The molecule has 0 unspecified atom stereocenters. The van der Waals surface area contributed by atoms with E-state index >= 15 is 0 Å². The van der Waals surface area contributed by atoms with Gasteiger partial charge in [-0.1, -0.05) is 12.5 Å². The van der Waals surface area contributed by atoms with Crippen molar-refractivity contribution in [3.05, 3.63) is 30.0 Å². The molecule has 0 spiro atoms. The molecule has 0 atom stereocenters. The summed E-state index contributed by atoms with van der Waals surface area (Å²) in [6.45, 7) is 3.35. The average Bonchev–Trinajstić information content (AvgIpc) is 2.75. The van der Waals surface area contributed by atoms with Crippen LogP contribution in [0.5, 0.6) is 0 Å². The molecule has 0 aliphatic carbocycles. The molecule has 0 amide bonds. The van der Waals surface area contributed by atoms with E-state index in [4.69, 9.17) is 10.2 Å². The van der Waals surface area contributed by atoms with Crippen LogP contribution in [0.1, 0.15) is 24.8 Å². The molecule has 90 valence electrons. The summed E-state index contributed by atoms with van der Waals surface area (Å²) in [4.78, 5) is 2.49. The minimum absolute atomic E-state index is 0.822. The first-order valence-electron chi connectivity index (χ1n) is 6.31. The van der Waals surface area contributed by atoms with Crippen LogP contribution < -0.4 is 5.73 Å². The molecule has 0 saturated carbocycles. The minimum atomic E-state index is 0.822. The summed E-state index contributed by atoms with van der Waals surface area (Å²) in [5, 5.41) is 1.10. The lowest BCUT2D eigenvalue weighted by atomic mass is 10.1. The Labute approximate surface area is 101 Å². The third-order valence-electron chi connectivity index (χ3n) is 3.55. The zero-order chi connectivity index (χ0) is 11.7. The van der Waals surface area contributed by atoms with Gasteiger partial charge in [0.15, 0.2) is 0 Å². The zero-order valence-corrected chi connectivity index (χ0v) is 9.98. The first kappa shape index (κ1) is 10.7. The molecule has 0 bridgehead atoms. The van der Waals surface area contributed by atoms with Crippen molar-refractivity contribution < 1.29 is 4.42 Å². The molecule has 1 saturated heterocycles. The third kappa shape index (κ3) is 2.03. The molecule has 1 aromatic carbocycles. The Morgan fingerprint density at radius 3 is 2.82 bits per heavy atom. The van der Waals surface area contributed by atoms with Crippen LogP contribution in [0, 0.1) is 0 Å². The number of anilines is 1. The summed E-state index contributed by atoms with van der Waals surface area (Å²) in [6, 6.07) is 5.86. The number of benzene rings is 1. The zero-order valence-electron chi connectivity index (χ0n) is 9.98. The second-order valence-corrected chi connectivity index (χ2v) is 4.82. The molecule has 2 N–H and O–H groups in total. The maximum Gasteiger partial charge on any atom is 0.136 e. The molecule has 3 nitrogen and oxygen atoms in total. The van der Waals surface area contributed by atoms with Crippen molar-refractivity contribution in [3.8, 4) is 0 Å². The highest BCUT2D eigenvalue weighted by atomic mass is 16.3. The predicted octanol–water partition coefficient (Wildman–Crippen LogP) is 3.00. The van der Waals surface area contributed by atoms with Crippen LogP contribution in [-0.4, -0.2) is 18.0 Å². The van der Waals surface area contributed by atoms with Crippen LogP contribution in [0.2, 0.25) is 0 Å². The summed E-state index contributed by atoms with van der Waals surface area (Å²) in [5.41, 5.74) is 8.97. The molecular formula is C14H18N2O. The number of nitrogens with two attached hydrogens (primary N) is 1. The Kier molecular flexibility index (Phi) is 2.77. The summed E-state index contributed by atoms with van der Waals surface area (Å²) in [6.07, 6.45) is 5.84. The van der Waals surface area contributed by atoms with Gasteiger partial charge in [0, 0.05) is 23.2 Å². The lowest BCUT2D eigenvalue weighted by molar-refractivity contribution is 0.221. The fourth-order valence-electron chi connectivity index (χ4n) is 2.66. The fourth-order valence-corrected chi connectivity index (χ4v) is 2.66. The van der Waals surface area contributed by atoms with Crippen molar-refractivity contribution in [2.24, 2.45) is 0 Å². The molecule has 2 heterocycles. The molecule has 1 aromatic heterocycles. The number of hydrogen-bond acceptors (Lipinski definition) is 3. The molecular weight excluding hydrogens is 212 g/mol. The number of nitrogen functional groups attached to an aromatic ring is 1. The Balaban J connectivity index is 1.89. The van der Waals surface area contributed by atoms with Crippen molar-refractivity contribution in [2.45, 2.75) is 25.8 Å². The maximum absolute atomic E-state index is 6.03. The van der Waals surface area contributed by atoms with Gasteiger partial charge in [0.1, 0.15) is 5.58 Å².